The molecule has 1 N–H and O–H groups in total. The summed E-state index contributed by atoms with van der Waals surface area (Å²) in [6.07, 6.45) is 4.62. The quantitative estimate of drug-likeness (QED) is 0.280. The van der Waals surface area contributed by atoms with Gasteiger partial charge in [-0.2, -0.15) is 5.10 Å². The number of nitrogens with zero attached hydrogens (tertiary/aromatic N) is 2. The van der Waals surface area contributed by atoms with Crippen molar-refractivity contribution in [2.75, 3.05) is 7.11 Å². The summed E-state index contributed by atoms with van der Waals surface area (Å²) in [5, 5.41) is 6.34. The molecule has 0 atom stereocenters. The van der Waals surface area contributed by atoms with Gasteiger partial charge >= 0.3 is 0 Å². The van der Waals surface area contributed by atoms with E-state index in [1.54, 1.807) is 31.5 Å². The maximum atomic E-state index is 12.1. The summed E-state index contributed by atoms with van der Waals surface area (Å²) in [6, 6.07) is 21.4. The second kappa shape index (κ2) is 10.1. The summed E-state index contributed by atoms with van der Waals surface area (Å²) in [7, 11) is 1.58. The Bertz CT molecular complexity index is 1270. The third-order valence-electron chi connectivity index (χ3n) is 4.81. The van der Waals surface area contributed by atoms with E-state index in [1.165, 1.54) is 17.8 Å². The Morgan fingerprint density at radius 1 is 1.12 bits per heavy atom. The van der Waals surface area contributed by atoms with Crippen molar-refractivity contribution in [2.45, 2.75) is 6.61 Å². The number of carbonyl (C=O) groups excluding carboxylic acids is 1. The van der Waals surface area contributed by atoms with E-state index in [2.05, 4.69) is 55.7 Å². The summed E-state index contributed by atoms with van der Waals surface area (Å²) in [6.45, 7) is 0.394. The number of amides is 1. The smallest absolute Gasteiger partial charge is 0.272 e. The van der Waals surface area contributed by atoms with Crippen LogP contribution in [-0.4, -0.2) is 24.2 Å². The van der Waals surface area contributed by atoms with E-state index in [1.807, 2.05) is 24.3 Å². The van der Waals surface area contributed by atoms with Gasteiger partial charge in [-0.1, -0.05) is 42.5 Å². The fraction of sp³-hybridized carbons (Fsp3) is 0.0800. The first-order valence-electron chi connectivity index (χ1n) is 9.86. The minimum Gasteiger partial charge on any atom is -0.493 e. The number of hydrazone groups is 1. The van der Waals surface area contributed by atoms with Crippen LogP contribution in [0.1, 0.15) is 21.5 Å². The fourth-order valence-electron chi connectivity index (χ4n) is 3.25. The number of hydrogen-bond acceptors (Lipinski definition) is 5. The average Bonchev–Trinajstić information content (AvgIpc) is 2.83. The van der Waals surface area contributed by atoms with Crippen LogP contribution in [0.25, 0.3) is 10.8 Å². The molecule has 4 rings (SSSR count). The van der Waals surface area contributed by atoms with E-state index in [9.17, 15) is 4.79 Å². The zero-order chi connectivity index (χ0) is 22.3. The van der Waals surface area contributed by atoms with Gasteiger partial charge in [-0.25, -0.2) is 5.43 Å². The van der Waals surface area contributed by atoms with Gasteiger partial charge < -0.3 is 9.47 Å². The molecule has 0 bridgehead atoms. The highest BCUT2D eigenvalue weighted by atomic mass is 79.9. The van der Waals surface area contributed by atoms with E-state index in [0.29, 0.717) is 23.7 Å². The molecule has 0 aliphatic heterocycles. The Morgan fingerprint density at radius 3 is 2.78 bits per heavy atom. The SMILES string of the molecule is COc1cc(/C=N/NC(=O)c2cccnc2)cc(Br)c1OCc1cccc2ccccc12. The molecule has 1 aromatic heterocycles. The largest absolute Gasteiger partial charge is 0.493 e. The Balaban J connectivity index is 1.49. The zero-order valence-corrected chi connectivity index (χ0v) is 18.9. The van der Waals surface area contributed by atoms with Gasteiger partial charge in [0.2, 0.25) is 0 Å². The fourth-order valence-corrected chi connectivity index (χ4v) is 3.82. The number of pyridine rings is 1. The van der Waals surface area contributed by atoms with Gasteiger partial charge in [0, 0.05) is 12.4 Å². The van der Waals surface area contributed by atoms with Gasteiger partial charge in [-0.05, 0) is 62.1 Å². The van der Waals surface area contributed by atoms with Gasteiger partial charge in [0.05, 0.1) is 23.4 Å². The molecule has 0 radical (unpaired) electrons. The maximum absolute atomic E-state index is 12.1. The van der Waals surface area contributed by atoms with Gasteiger partial charge in [0.25, 0.3) is 5.91 Å². The molecular weight excluding hydrogens is 470 g/mol. The van der Waals surface area contributed by atoms with Crippen molar-refractivity contribution in [2.24, 2.45) is 5.10 Å². The molecule has 3 aromatic carbocycles. The third kappa shape index (κ3) is 4.95. The summed E-state index contributed by atoms with van der Waals surface area (Å²) < 4.78 is 12.4. The molecule has 0 saturated heterocycles. The summed E-state index contributed by atoms with van der Waals surface area (Å²) in [5.41, 5.74) is 4.73. The molecule has 0 saturated carbocycles. The molecule has 4 aromatic rings. The standard InChI is InChI=1S/C25H20BrN3O3/c1-31-23-13-17(14-28-29-25(30)19-9-5-11-27-15-19)12-22(26)24(23)32-16-20-8-4-7-18-6-2-3-10-21(18)20/h2-15H,16H2,1H3,(H,29,30)/b28-14+. The number of fused-ring (bicyclic) bond motifs is 1. The van der Waals surface area contributed by atoms with E-state index < -0.39 is 0 Å². The normalized spacial score (nSPS) is 10.9. The van der Waals surface area contributed by atoms with E-state index in [-0.39, 0.29) is 5.91 Å². The van der Waals surface area contributed by atoms with Crippen molar-refractivity contribution in [3.8, 4) is 11.5 Å². The van der Waals surface area contributed by atoms with Crippen LogP contribution in [0.5, 0.6) is 11.5 Å². The molecule has 0 fully saturated rings. The summed E-state index contributed by atoms with van der Waals surface area (Å²) >= 11 is 3.56. The second-order valence-corrected chi connectivity index (χ2v) is 7.76. The molecule has 7 heteroatoms. The second-order valence-electron chi connectivity index (χ2n) is 6.90. The van der Waals surface area contributed by atoms with Crippen LogP contribution in [0.3, 0.4) is 0 Å². The average molecular weight is 490 g/mol. The first-order chi connectivity index (χ1) is 15.7. The molecule has 6 nitrogen and oxygen atoms in total. The number of methoxy groups -OCH3 is 1. The molecule has 32 heavy (non-hydrogen) atoms. The van der Waals surface area contributed by atoms with Crippen LogP contribution in [0.4, 0.5) is 0 Å². The minimum absolute atomic E-state index is 0.338. The Labute approximate surface area is 194 Å². The van der Waals surface area contributed by atoms with Crippen molar-refractivity contribution in [3.63, 3.8) is 0 Å². The molecule has 160 valence electrons. The van der Waals surface area contributed by atoms with E-state index in [4.69, 9.17) is 9.47 Å². The lowest BCUT2D eigenvalue weighted by molar-refractivity contribution is 0.0955. The number of nitrogens with one attached hydrogen (secondary N) is 1. The number of ether oxygens (including phenoxy) is 2. The first-order valence-corrected chi connectivity index (χ1v) is 10.7. The number of benzene rings is 3. The third-order valence-corrected chi connectivity index (χ3v) is 5.40. The molecule has 1 heterocycles. The van der Waals surface area contributed by atoms with Crippen molar-refractivity contribution in [1.82, 2.24) is 10.4 Å². The van der Waals surface area contributed by atoms with Gasteiger partial charge in [0.1, 0.15) is 6.61 Å². The lowest BCUT2D eigenvalue weighted by Crippen LogP contribution is -2.17. The van der Waals surface area contributed by atoms with Crippen LogP contribution in [0.15, 0.2) is 88.7 Å². The van der Waals surface area contributed by atoms with Gasteiger partial charge in [-0.15, -0.1) is 0 Å². The van der Waals surface area contributed by atoms with Gasteiger partial charge in [-0.3, -0.25) is 9.78 Å². The van der Waals surface area contributed by atoms with Crippen LogP contribution in [-0.2, 0) is 6.61 Å². The predicted octanol–water partition coefficient (Wildman–Crippen LogP) is 5.35. The number of carbonyl (C=O) groups is 1. The zero-order valence-electron chi connectivity index (χ0n) is 17.3. The Morgan fingerprint density at radius 2 is 1.97 bits per heavy atom. The first kappa shape index (κ1) is 21.5. The van der Waals surface area contributed by atoms with Crippen LogP contribution in [0, 0.1) is 0 Å². The number of hydrogen-bond donors (Lipinski definition) is 1. The Hall–Kier alpha value is -3.71. The highest BCUT2D eigenvalue weighted by Crippen LogP contribution is 2.37. The molecule has 0 unspecified atom stereocenters. The molecule has 1 amide bonds. The molecule has 0 aliphatic rings. The van der Waals surface area contributed by atoms with Crippen LogP contribution >= 0.6 is 15.9 Å². The van der Waals surface area contributed by atoms with Gasteiger partial charge in [0.15, 0.2) is 11.5 Å². The molecule has 0 spiro atoms. The van der Waals surface area contributed by atoms with Crippen molar-refractivity contribution < 1.29 is 14.3 Å². The van der Waals surface area contributed by atoms with Crippen LogP contribution in [0.2, 0.25) is 0 Å². The topological polar surface area (TPSA) is 72.8 Å². The van der Waals surface area contributed by atoms with Crippen molar-refractivity contribution in [1.29, 1.82) is 0 Å². The maximum Gasteiger partial charge on any atom is 0.272 e. The highest BCUT2D eigenvalue weighted by molar-refractivity contribution is 9.10. The number of halogens is 1. The number of aromatic nitrogens is 1. The van der Waals surface area contributed by atoms with Crippen molar-refractivity contribution >= 4 is 38.8 Å². The van der Waals surface area contributed by atoms with Crippen molar-refractivity contribution in [3.05, 3.63) is 100 Å². The summed E-state index contributed by atoms with van der Waals surface area (Å²) in [5.74, 6) is 0.812. The van der Waals surface area contributed by atoms with Crippen LogP contribution < -0.4 is 14.9 Å². The predicted molar refractivity (Wildman–Crippen MR) is 128 cm³/mol. The minimum atomic E-state index is -0.338. The Kier molecular flexibility index (Phi) is 6.77. The highest BCUT2D eigenvalue weighted by Gasteiger charge is 2.12. The lowest BCUT2D eigenvalue weighted by Gasteiger charge is -2.14. The number of rotatable bonds is 7. The monoisotopic (exact) mass is 489 g/mol. The van der Waals surface area contributed by atoms with E-state index >= 15 is 0 Å². The summed E-state index contributed by atoms with van der Waals surface area (Å²) in [4.78, 5) is 16.0. The lowest BCUT2D eigenvalue weighted by atomic mass is 10.1. The van der Waals surface area contributed by atoms with E-state index in [0.717, 1.165) is 21.0 Å². The molecule has 0 aliphatic carbocycles. The molecular formula is C25H20BrN3O3.